The summed E-state index contributed by atoms with van der Waals surface area (Å²) < 4.78 is 29.9. The molecule has 9 nitrogen and oxygen atoms in total. The number of hydrogen-bond donors (Lipinski definition) is 3. The molecule has 0 saturated carbocycles. The van der Waals surface area contributed by atoms with Crippen LogP contribution in [-0.2, 0) is 24.3 Å². The summed E-state index contributed by atoms with van der Waals surface area (Å²) in [4.78, 5) is 21.7. The lowest BCUT2D eigenvalue weighted by Crippen LogP contribution is -2.40. The molecule has 1 rings (SSSR count). The molecule has 0 aromatic carbocycles. The second kappa shape index (κ2) is 6.29. The first-order valence-electron chi connectivity index (χ1n) is 5.17. The Balaban J connectivity index is 2.74. The molecule has 0 radical (unpaired) electrons. The second-order valence-corrected chi connectivity index (χ2v) is 5.27. The standard InChI is InChI=1S/C9H13N3O6S/c1-18-8(13)3-2-7(9(14)15)12-19(16,17)6-4-10-11-5-6/h4-5,7,12H,2-3H2,1H3,(H,10,11)(H,14,15)/t7-/m0/s1. The SMILES string of the molecule is COC(=O)CC[C@H](NS(=O)(=O)c1cn[nH]c1)C(=O)O. The molecule has 0 spiro atoms. The second-order valence-electron chi connectivity index (χ2n) is 3.56. The number of rotatable bonds is 7. The Morgan fingerprint density at radius 2 is 2.26 bits per heavy atom. The van der Waals surface area contributed by atoms with Crippen molar-refractivity contribution < 1.29 is 27.9 Å². The summed E-state index contributed by atoms with van der Waals surface area (Å²) in [6, 6.07) is -1.42. The van der Waals surface area contributed by atoms with Gasteiger partial charge in [0.25, 0.3) is 0 Å². The number of aliphatic carboxylic acids is 1. The van der Waals surface area contributed by atoms with E-state index in [9.17, 15) is 18.0 Å². The highest BCUT2D eigenvalue weighted by Gasteiger charge is 2.26. The number of methoxy groups -OCH3 is 1. The lowest BCUT2D eigenvalue weighted by molar-refractivity contribution is -0.142. The third kappa shape index (κ3) is 4.34. The van der Waals surface area contributed by atoms with Crippen LogP contribution in [0.5, 0.6) is 0 Å². The molecule has 19 heavy (non-hydrogen) atoms. The Kier molecular flexibility index (Phi) is 5.01. The van der Waals surface area contributed by atoms with Crippen LogP contribution in [0.1, 0.15) is 12.8 Å². The fourth-order valence-corrected chi connectivity index (χ4v) is 2.37. The van der Waals surface area contributed by atoms with Gasteiger partial charge in [-0.15, -0.1) is 0 Å². The van der Waals surface area contributed by atoms with Crippen LogP contribution in [0.4, 0.5) is 0 Å². The number of H-pyrrole nitrogens is 1. The molecule has 0 saturated heterocycles. The first-order chi connectivity index (χ1) is 8.86. The van der Waals surface area contributed by atoms with Gasteiger partial charge in [0.15, 0.2) is 0 Å². The Hall–Kier alpha value is -1.94. The van der Waals surface area contributed by atoms with Crippen molar-refractivity contribution in [2.45, 2.75) is 23.8 Å². The minimum Gasteiger partial charge on any atom is -0.480 e. The number of carbonyl (C=O) groups excluding carboxylic acids is 1. The van der Waals surface area contributed by atoms with Crippen molar-refractivity contribution in [3.05, 3.63) is 12.4 Å². The third-order valence-corrected chi connectivity index (χ3v) is 3.68. The van der Waals surface area contributed by atoms with Crippen LogP contribution in [-0.4, -0.2) is 48.8 Å². The minimum absolute atomic E-state index is 0.184. The number of esters is 1. The van der Waals surface area contributed by atoms with Crippen molar-refractivity contribution in [3.8, 4) is 0 Å². The Bertz CT molecular complexity index is 538. The van der Waals surface area contributed by atoms with Gasteiger partial charge in [-0.2, -0.15) is 9.82 Å². The normalized spacial score (nSPS) is 12.9. The highest BCUT2D eigenvalue weighted by molar-refractivity contribution is 7.89. The summed E-state index contributed by atoms with van der Waals surface area (Å²) in [6.07, 6.45) is 1.74. The van der Waals surface area contributed by atoms with E-state index in [0.29, 0.717) is 0 Å². The summed E-state index contributed by atoms with van der Waals surface area (Å²) in [5.41, 5.74) is 0. The lowest BCUT2D eigenvalue weighted by atomic mass is 10.2. The molecule has 0 unspecified atom stereocenters. The van der Waals surface area contributed by atoms with Crippen molar-refractivity contribution in [2.75, 3.05) is 7.11 Å². The maximum atomic E-state index is 11.8. The number of sulfonamides is 1. The molecule has 0 aliphatic rings. The summed E-state index contributed by atoms with van der Waals surface area (Å²) in [5.74, 6) is -2.00. The van der Waals surface area contributed by atoms with E-state index in [2.05, 4.69) is 14.9 Å². The highest BCUT2D eigenvalue weighted by atomic mass is 32.2. The summed E-state index contributed by atoms with van der Waals surface area (Å²) in [7, 11) is -2.83. The quantitative estimate of drug-likeness (QED) is 0.553. The largest absolute Gasteiger partial charge is 0.480 e. The van der Waals surface area contributed by atoms with Gasteiger partial charge < -0.3 is 9.84 Å². The van der Waals surface area contributed by atoms with Gasteiger partial charge in [-0.05, 0) is 6.42 Å². The van der Waals surface area contributed by atoms with E-state index in [1.807, 2.05) is 4.72 Å². The van der Waals surface area contributed by atoms with Gasteiger partial charge in [-0.25, -0.2) is 8.42 Å². The fraction of sp³-hybridized carbons (Fsp3) is 0.444. The molecular weight excluding hydrogens is 278 g/mol. The first-order valence-corrected chi connectivity index (χ1v) is 6.66. The number of carboxylic acids is 1. The summed E-state index contributed by atoms with van der Waals surface area (Å²) in [5, 5.41) is 14.7. The molecule has 0 aliphatic carbocycles. The molecule has 1 aromatic heterocycles. The maximum absolute atomic E-state index is 11.8. The smallest absolute Gasteiger partial charge is 0.321 e. The molecule has 0 fully saturated rings. The van der Waals surface area contributed by atoms with E-state index in [1.54, 1.807) is 0 Å². The maximum Gasteiger partial charge on any atom is 0.321 e. The number of nitrogens with one attached hydrogen (secondary N) is 2. The van der Waals surface area contributed by atoms with Crippen LogP contribution in [0.3, 0.4) is 0 Å². The minimum atomic E-state index is -3.99. The molecule has 0 aliphatic heterocycles. The van der Waals surface area contributed by atoms with Crippen molar-refractivity contribution in [2.24, 2.45) is 0 Å². The van der Waals surface area contributed by atoms with Gasteiger partial charge in [0.2, 0.25) is 10.0 Å². The van der Waals surface area contributed by atoms with E-state index in [0.717, 1.165) is 19.5 Å². The van der Waals surface area contributed by atoms with Crippen molar-refractivity contribution in [1.82, 2.24) is 14.9 Å². The molecule has 1 atom stereocenters. The zero-order chi connectivity index (χ0) is 14.5. The van der Waals surface area contributed by atoms with Crippen molar-refractivity contribution in [3.63, 3.8) is 0 Å². The van der Waals surface area contributed by atoms with Crippen molar-refractivity contribution >= 4 is 22.0 Å². The molecule has 0 amide bonds. The Morgan fingerprint density at radius 1 is 1.58 bits per heavy atom. The topological polar surface area (TPSA) is 138 Å². The number of aromatic nitrogens is 2. The first kappa shape index (κ1) is 15.1. The Morgan fingerprint density at radius 3 is 2.74 bits per heavy atom. The van der Waals surface area contributed by atoms with Crippen LogP contribution >= 0.6 is 0 Å². The predicted molar refractivity (Wildman–Crippen MR) is 61.6 cm³/mol. The zero-order valence-electron chi connectivity index (χ0n) is 9.99. The van der Waals surface area contributed by atoms with Gasteiger partial charge in [0, 0.05) is 12.6 Å². The number of carbonyl (C=O) groups is 2. The van der Waals surface area contributed by atoms with Crippen LogP contribution < -0.4 is 4.72 Å². The number of aromatic amines is 1. The van der Waals surface area contributed by atoms with Gasteiger partial charge in [0.05, 0.1) is 13.3 Å². The molecule has 10 heteroatoms. The number of carboxylic acid groups (broad SMARTS) is 1. The average molecular weight is 291 g/mol. The van der Waals surface area contributed by atoms with E-state index >= 15 is 0 Å². The van der Waals surface area contributed by atoms with Gasteiger partial charge >= 0.3 is 11.9 Å². The van der Waals surface area contributed by atoms with E-state index < -0.39 is 28.0 Å². The van der Waals surface area contributed by atoms with Gasteiger partial charge in [-0.1, -0.05) is 0 Å². The molecular formula is C9H13N3O6S. The van der Waals surface area contributed by atoms with Crippen LogP contribution in [0.25, 0.3) is 0 Å². The van der Waals surface area contributed by atoms with Crippen LogP contribution in [0, 0.1) is 0 Å². The molecule has 3 N–H and O–H groups in total. The van der Waals surface area contributed by atoms with E-state index in [4.69, 9.17) is 5.11 Å². The Labute approximate surface area is 109 Å². The molecule has 1 heterocycles. The molecule has 106 valence electrons. The average Bonchev–Trinajstić information content (AvgIpc) is 2.88. The van der Waals surface area contributed by atoms with E-state index in [-0.39, 0.29) is 17.7 Å². The molecule has 0 bridgehead atoms. The lowest BCUT2D eigenvalue weighted by Gasteiger charge is -2.13. The van der Waals surface area contributed by atoms with Crippen LogP contribution in [0.2, 0.25) is 0 Å². The number of nitrogens with zero attached hydrogens (tertiary/aromatic N) is 1. The van der Waals surface area contributed by atoms with Crippen molar-refractivity contribution in [1.29, 1.82) is 0 Å². The van der Waals surface area contributed by atoms with Gasteiger partial charge in [-0.3, -0.25) is 14.7 Å². The number of ether oxygens (including phenoxy) is 1. The zero-order valence-corrected chi connectivity index (χ0v) is 10.8. The van der Waals surface area contributed by atoms with Gasteiger partial charge in [0.1, 0.15) is 10.9 Å². The highest BCUT2D eigenvalue weighted by Crippen LogP contribution is 2.08. The fourth-order valence-electron chi connectivity index (χ4n) is 1.24. The monoisotopic (exact) mass is 291 g/mol. The summed E-state index contributed by atoms with van der Waals surface area (Å²) in [6.45, 7) is 0. The van der Waals surface area contributed by atoms with E-state index in [1.165, 1.54) is 0 Å². The summed E-state index contributed by atoms with van der Waals surface area (Å²) >= 11 is 0. The molecule has 1 aromatic rings. The number of hydrogen-bond acceptors (Lipinski definition) is 6. The predicted octanol–water partition coefficient (Wildman–Crippen LogP) is -0.906. The third-order valence-electron chi connectivity index (χ3n) is 2.24. The van der Waals surface area contributed by atoms with Crippen LogP contribution in [0.15, 0.2) is 17.3 Å².